The highest BCUT2D eigenvalue weighted by Crippen LogP contribution is 2.31. The maximum absolute atomic E-state index is 4.06. The van der Waals surface area contributed by atoms with Crippen LogP contribution in [0.15, 0.2) is 0 Å². The highest BCUT2D eigenvalue weighted by Gasteiger charge is 2.23. The van der Waals surface area contributed by atoms with Crippen molar-refractivity contribution in [1.82, 2.24) is 15.4 Å². The third kappa shape index (κ3) is 0.891. The van der Waals surface area contributed by atoms with E-state index in [1.54, 1.807) is 0 Å². The molecule has 64 valence electrons. The number of aromatic nitrogens is 3. The molecule has 0 saturated heterocycles. The molecule has 1 aliphatic carbocycles. The van der Waals surface area contributed by atoms with E-state index in [0.717, 1.165) is 17.1 Å². The zero-order valence-electron chi connectivity index (χ0n) is 7.68. The third-order valence-corrected chi connectivity index (χ3v) is 2.76. The van der Waals surface area contributed by atoms with Crippen molar-refractivity contribution in [2.24, 2.45) is 5.41 Å². The lowest BCUT2D eigenvalue weighted by Gasteiger charge is -2.25. The third-order valence-electron chi connectivity index (χ3n) is 2.76. The van der Waals surface area contributed by atoms with E-state index in [9.17, 15) is 0 Å². The van der Waals surface area contributed by atoms with Crippen molar-refractivity contribution < 1.29 is 0 Å². The van der Waals surface area contributed by atoms with E-state index in [1.807, 2.05) is 0 Å². The van der Waals surface area contributed by atoms with E-state index in [1.165, 1.54) is 5.57 Å². The van der Waals surface area contributed by atoms with E-state index >= 15 is 0 Å². The van der Waals surface area contributed by atoms with Crippen molar-refractivity contribution in [3.05, 3.63) is 10.7 Å². The molecule has 1 N–H and O–H groups in total. The molecule has 0 fully saturated rings. The lowest BCUT2D eigenvalue weighted by Crippen LogP contribution is -2.35. The number of fused-ring (bicyclic) bond motifs is 1. The quantitative estimate of drug-likeness (QED) is 0.593. The van der Waals surface area contributed by atoms with Gasteiger partial charge in [-0.25, -0.2) is 0 Å². The highest BCUT2D eigenvalue weighted by molar-refractivity contribution is 5.52. The smallest absolute Gasteiger partial charge is 0.112 e. The minimum absolute atomic E-state index is 0.240. The van der Waals surface area contributed by atoms with E-state index in [0.29, 0.717) is 0 Å². The van der Waals surface area contributed by atoms with Crippen LogP contribution >= 0.6 is 0 Å². The van der Waals surface area contributed by atoms with Crippen molar-refractivity contribution >= 4 is 11.6 Å². The van der Waals surface area contributed by atoms with Gasteiger partial charge in [0.15, 0.2) is 0 Å². The Morgan fingerprint density at radius 2 is 2.25 bits per heavy atom. The Hall–Kier alpha value is -1.12. The fraction of sp³-hybridized carbons (Fsp3) is 0.556. The first-order valence-electron chi connectivity index (χ1n) is 4.20. The van der Waals surface area contributed by atoms with Gasteiger partial charge in [0.25, 0.3) is 0 Å². The van der Waals surface area contributed by atoms with Gasteiger partial charge in [0, 0.05) is 0 Å². The van der Waals surface area contributed by atoms with Crippen molar-refractivity contribution in [2.45, 2.75) is 27.2 Å². The summed E-state index contributed by atoms with van der Waals surface area (Å²) in [4.78, 5) is 0. The van der Waals surface area contributed by atoms with Crippen LogP contribution in [0.2, 0.25) is 0 Å². The van der Waals surface area contributed by atoms with Gasteiger partial charge in [-0.15, -0.1) is 5.10 Å². The van der Waals surface area contributed by atoms with E-state index < -0.39 is 0 Å². The van der Waals surface area contributed by atoms with Crippen molar-refractivity contribution in [1.29, 1.82) is 0 Å². The molecule has 0 aromatic carbocycles. The molecule has 0 aliphatic heterocycles. The van der Waals surface area contributed by atoms with Gasteiger partial charge in [-0.3, -0.25) is 5.10 Å². The minimum Gasteiger partial charge on any atom is -0.258 e. The van der Waals surface area contributed by atoms with Crippen LogP contribution in [0.3, 0.4) is 0 Å². The molecule has 0 saturated carbocycles. The van der Waals surface area contributed by atoms with Gasteiger partial charge in [-0.05, 0) is 24.3 Å². The predicted molar refractivity (Wildman–Crippen MR) is 47.6 cm³/mol. The molecule has 1 heterocycles. The number of rotatable bonds is 0. The van der Waals surface area contributed by atoms with Gasteiger partial charge < -0.3 is 0 Å². The molecule has 12 heavy (non-hydrogen) atoms. The molecule has 0 unspecified atom stereocenters. The fourth-order valence-electron chi connectivity index (χ4n) is 1.49. The number of nitrogens with zero attached hydrogens (tertiary/aromatic N) is 2. The number of hydrogen-bond donors (Lipinski definition) is 1. The first-order chi connectivity index (χ1) is 5.61. The lowest BCUT2D eigenvalue weighted by molar-refractivity contribution is 0.508. The summed E-state index contributed by atoms with van der Waals surface area (Å²) in [5, 5.41) is 12.8. The van der Waals surface area contributed by atoms with Crippen LogP contribution in [0.1, 0.15) is 27.2 Å². The summed E-state index contributed by atoms with van der Waals surface area (Å²) in [7, 11) is 0. The summed E-state index contributed by atoms with van der Waals surface area (Å²) in [5.74, 6) is 0. The van der Waals surface area contributed by atoms with Crippen LogP contribution < -0.4 is 10.7 Å². The lowest BCUT2D eigenvalue weighted by atomic mass is 9.79. The Morgan fingerprint density at radius 1 is 1.50 bits per heavy atom. The van der Waals surface area contributed by atoms with Crippen LogP contribution in [0.5, 0.6) is 0 Å². The van der Waals surface area contributed by atoms with Gasteiger partial charge in [0.1, 0.15) is 5.35 Å². The summed E-state index contributed by atoms with van der Waals surface area (Å²) < 4.78 is 0. The second-order valence-electron chi connectivity index (χ2n) is 3.99. The van der Waals surface area contributed by atoms with Crippen LogP contribution in [-0.2, 0) is 0 Å². The standard InChI is InChI=1S/C9H13N3/c1-6-8-7(10-12-11-8)4-5-9(6,2)3/h4H,5H2,1-3H3,(H,10,11). The van der Waals surface area contributed by atoms with Crippen LogP contribution in [-0.4, -0.2) is 15.4 Å². The zero-order chi connectivity index (χ0) is 8.77. The SMILES string of the molecule is CC1=c2nn[nH]c2=CCC1(C)C. The van der Waals surface area contributed by atoms with E-state index in [-0.39, 0.29) is 5.41 Å². The topological polar surface area (TPSA) is 41.6 Å². The molecular formula is C9H13N3. The fourth-order valence-corrected chi connectivity index (χ4v) is 1.49. The molecule has 2 rings (SSSR count). The monoisotopic (exact) mass is 163 g/mol. The molecule has 1 aromatic heterocycles. The number of nitrogens with one attached hydrogen (secondary N) is 1. The molecule has 1 aliphatic rings. The number of aromatic amines is 1. The molecule has 0 bridgehead atoms. The summed E-state index contributed by atoms with van der Waals surface area (Å²) in [5.41, 5.74) is 1.57. The van der Waals surface area contributed by atoms with Crippen LogP contribution in [0.4, 0.5) is 0 Å². The second-order valence-corrected chi connectivity index (χ2v) is 3.99. The molecule has 3 heteroatoms. The molecule has 0 amide bonds. The van der Waals surface area contributed by atoms with Crippen molar-refractivity contribution in [2.75, 3.05) is 0 Å². The molecule has 0 spiro atoms. The average molecular weight is 163 g/mol. The van der Waals surface area contributed by atoms with Gasteiger partial charge >= 0.3 is 0 Å². The minimum atomic E-state index is 0.240. The van der Waals surface area contributed by atoms with E-state index in [4.69, 9.17) is 0 Å². The molecule has 0 atom stereocenters. The van der Waals surface area contributed by atoms with Crippen LogP contribution in [0.25, 0.3) is 11.6 Å². The summed E-state index contributed by atoms with van der Waals surface area (Å²) in [6.07, 6.45) is 3.23. The maximum Gasteiger partial charge on any atom is 0.112 e. The second kappa shape index (κ2) is 2.19. The largest absolute Gasteiger partial charge is 0.258 e. The maximum atomic E-state index is 4.06. The van der Waals surface area contributed by atoms with Gasteiger partial charge in [-0.1, -0.05) is 25.1 Å². The van der Waals surface area contributed by atoms with Gasteiger partial charge in [0.2, 0.25) is 0 Å². The molecular weight excluding hydrogens is 150 g/mol. The Kier molecular flexibility index (Phi) is 1.37. The number of H-pyrrole nitrogens is 1. The molecule has 0 radical (unpaired) electrons. The van der Waals surface area contributed by atoms with Gasteiger partial charge in [0.05, 0.1) is 5.35 Å². The summed E-state index contributed by atoms with van der Waals surface area (Å²) >= 11 is 0. The number of hydrogen-bond acceptors (Lipinski definition) is 2. The zero-order valence-corrected chi connectivity index (χ0v) is 7.68. The molecule has 1 aromatic rings. The van der Waals surface area contributed by atoms with Crippen LogP contribution in [0, 0.1) is 5.41 Å². The van der Waals surface area contributed by atoms with Crippen molar-refractivity contribution in [3.8, 4) is 0 Å². The Morgan fingerprint density at radius 3 is 3.00 bits per heavy atom. The predicted octanol–water partition coefficient (Wildman–Crippen LogP) is 0.186. The Bertz CT molecular complexity index is 411. The van der Waals surface area contributed by atoms with Crippen molar-refractivity contribution in [3.63, 3.8) is 0 Å². The highest BCUT2D eigenvalue weighted by atomic mass is 15.3. The van der Waals surface area contributed by atoms with Gasteiger partial charge in [-0.2, -0.15) is 0 Å². The Balaban J connectivity index is 2.83. The first-order valence-corrected chi connectivity index (χ1v) is 4.20. The summed E-state index contributed by atoms with van der Waals surface area (Å²) in [6, 6.07) is 0. The normalized spacial score (nSPS) is 20.1. The summed E-state index contributed by atoms with van der Waals surface area (Å²) in [6.45, 7) is 6.60. The Labute approximate surface area is 71.2 Å². The first kappa shape index (κ1) is 7.53. The average Bonchev–Trinajstić information content (AvgIpc) is 2.45. The van der Waals surface area contributed by atoms with E-state index in [2.05, 4.69) is 42.3 Å². The molecule has 3 nitrogen and oxygen atoms in total.